The fourth-order valence-electron chi connectivity index (χ4n) is 4.60. The van der Waals surface area contributed by atoms with Gasteiger partial charge in [-0.25, -0.2) is 9.59 Å². The number of azide groups is 2. The van der Waals surface area contributed by atoms with E-state index < -0.39 is 20.1 Å². The molecule has 0 aliphatic heterocycles. The minimum atomic E-state index is -0.479. The summed E-state index contributed by atoms with van der Waals surface area (Å²) in [6, 6.07) is 32.3. The zero-order valence-corrected chi connectivity index (χ0v) is 33.8. The minimum Gasteiger partial charge on any atom is -0.453 e. The molecule has 0 heterocycles. The molecule has 0 fully saturated rings. The second-order valence-electron chi connectivity index (χ2n) is 11.2. The lowest BCUT2D eigenvalue weighted by atomic mass is 10.4. The Bertz CT molecular complexity index is 1410. The van der Waals surface area contributed by atoms with Crippen molar-refractivity contribution < 1.29 is 38.0 Å². The van der Waals surface area contributed by atoms with Crippen molar-refractivity contribution >= 4 is 36.0 Å². The van der Waals surface area contributed by atoms with Crippen molar-refractivity contribution in [2.45, 2.75) is 0 Å². The number of nitrogens with two attached hydrogens (primary N) is 2. The molecule has 19 heteroatoms. The molecule has 0 aliphatic rings. The molecular formula is C38H57N10O8P. The van der Waals surface area contributed by atoms with Gasteiger partial charge in [0, 0.05) is 62.2 Å². The predicted molar refractivity (Wildman–Crippen MR) is 223 cm³/mol. The Morgan fingerprint density at radius 1 is 0.544 bits per heavy atom. The summed E-state index contributed by atoms with van der Waals surface area (Å²) in [7, 11) is 2.19. The van der Waals surface area contributed by atoms with Crippen LogP contribution in [0.2, 0.25) is 0 Å². The number of hydrogen-bond acceptors (Lipinski definition) is 12. The number of hydrogen-bond donors (Lipinski definition) is 2. The van der Waals surface area contributed by atoms with Gasteiger partial charge in [0.15, 0.2) is 0 Å². The molecule has 4 N–H and O–H groups in total. The van der Waals surface area contributed by atoms with E-state index in [-0.39, 0.29) is 13.1 Å². The zero-order chi connectivity index (χ0) is 41.6. The van der Waals surface area contributed by atoms with Crippen LogP contribution in [-0.4, -0.2) is 141 Å². The van der Waals surface area contributed by atoms with Crippen LogP contribution in [-0.2, 0) is 28.4 Å². The molecule has 0 aromatic heterocycles. The first kappa shape index (κ1) is 50.0. The monoisotopic (exact) mass is 812 g/mol. The van der Waals surface area contributed by atoms with Gasteiger partial charge in [0.05, 0.1) is 67.1 Å². The molecule has 2 amide bonds. The number of benzene rings is 3. The molecule has 18 nitrogen and oxygen atoms in total. The third-order valence-electron chi connectivity index (χ3n) is 7.25. The highest BCUT2D eigenvalue weighted by molar-refractivity contribution is 7.79. The quantitative estimate of drug-likeness (QED) is 0.0407. The summed E-state index contributed by atoms with van der Waals surface area (Å²) in [4.78, 5) is 31.0. The summed E-state index contributed by atoms with van der Waals surface area (Å²) < 4.78 is 30.1. The molecule has 0 atom stereocenters. The maximum absolute atomic E-state index is 11.5. The van der Waals surface area contributed by atoms with Gasteiger partial charge in [-0.15, -0.1) is 0 Å². The van der Waals surface area contributed by atoms with Crippen molar-refractivity contribution in [3.05, 3.63) is 112 Å². The summed E-state index contributed by atoms with van der Waals surface area (Å²) in [6.45, 7) is 6.05. The molecule has 0 radical (unpaired) electrons. The van der Waals surface area contributed by atoms with Crippen molar-refractivity contribution in [1.82, 2.24) is 9.80 Å². The molecule has 0 spiro atoms. The maximum atomic E-state index is 11.5. The highest BCUT2D eigenvalue weighted by Gasteiger charge is 2.16. The van der Waals surface area contributed by atoms with Crippen LogP contribution in [0.4, 0.5) is 9.59 Å². The Morgan fingerprint density at radius 3 is 1.11 bits per heavy atom. The smallest absolute Gasteiger partial charge is 0.409 e. The van der Waals surface area contributed by atoms with Gasteiger partial charge in [0.25, 0.3) is 0 Å². The molecule has 3 aromatic carbocycles. The highest BCUT2D eigenvalue weighted by Crippen LogP contribution is 2.32. The average molecular weight is 813 g/mol. The van der Waals surface area contributed by atoms with Gasteiger partial charge in [-0.3, -0.25) is 0 Å². The molecule has 0 saturated heterocycles. The molecule has 0 bridgehead atoms. The van der Waals surface area contributed by atoms with Crippen molar-refractivity contribution in [2.24, 2.45) is 21.7 Å². The van der Waals surface area contributed by atoms with Crippen LogP contribution in [0.15, 0.2) is 101 Å². The lowest BCUT2D eigenvalue weighted by Crippen LogP contribution is -2.37. The lowest BCUT2D eigenvalue weighted by Gasteiger charge is -2.20. The standard InChI is InChI=1S/C18H15P.C10H19N7O4.C10H23N3O4/c1-4-10-16(11-5-1)19(17-12-6-2-7-13-17)18-14-8-3-9-15-18;1-19-10(18)17(4-8-20-6-2-13-15-11)5-9-21-7-3-14-16-12;1-15-10(14)13(4-8-16-6-2-11)5-9-17-7-3-12/h1-15H;2-9H2,1H3;2-9,11-12H2,1H3. The normalized spacial score (nSPS) is 10.1. The first-order valence-electron chi connectivity index (χ1n) is 18.3. The van der Waals surface area contributed by atoms with Gasteiger partial charge in [0.1, 0.15) is 0 Å². The molecule has 0 saturated carbocycles. The van der Waals surface area contributed by atoms with E-state index in [0.29, 0.717) is 92.1 Å². The number of carbonyl (C=O) groups is 2. The van der Waals surface area contributed by atoms with E-state index in [1.807, 2.05) is 0 Å². The van der Waals surface area contributed by atoms with Crippen molar-refractivity contribution in [1.29, 1.82) is 0 Å². The molecule has 0 aliphatic carbocycles. The van der Waals surface area contributed by atoms with Gasteiger partial charge in [-0.1, -0.05) is 101 Å². The van der Waals surface area contributed by atoms with Crippen molar-refractivity contribution in [3.63, 3.8) is 0 Å². The Balaban J connectivity index is 0.000000430. The lowest BCUT2D eigenvalue weighted by molar-refractivity contribution is 0.0666. The van der Waals surface area contributed by atoms with E-state index in [0.717, 1.165) is 0 Å². The van der Waals surface area contributed by atoms with Crippen LogP contribution in [0, 0.1) is 0 Å². The second kappa shape index (κ2) is 35.4. The molecule has 3 rings (SSSR count). The number of ether oxygens (including phenoxy) is 6. The van der Waals surface area contributed by atoms with Crippen LogP contribution in [0.25, 0.3) is 20.9 Å². The van der Waals surface area contributed by atoms with E-state index in [1.165, 1.54) is 39.9 Å². The third kappa shape index (κ3) is 24.3. The largest absolute Gasteiger partial charge is 0.453 e. The number of carbonyl (C=O) groups excluding carboxylic acids is 2. The summed E-state index contributed by atoms with van der Waals surface area (Å²) in [5.74, 6) is 0. The number of amides is 2. The highest BCUT2D eigenvalue weighted by atomic mass is 31.1. The van der Waals surface area contributed by atoms with E-state index in [2.05, 4.69) is 121 Å². The first-order chi connectivity index (χ1) is 28.0. The van der Waals surface area contributed by atoms with Gasteiger partial charge >= 0.3 is 12.2 Å². The van der Waals surface area contributed by atoms with Crippen LogP contribution in [0.5, 0.6) is 0 Å². The fraction of sp³-hybridized carbons (Fsp3) is 0.474. The summed E-state index contributed by atoms with van der Waals surface area (Å²) in [5, 5.41) is 10.8. The molecular weight excluding hydrogens is 755 g/mol. The van der Waals surface area contributed by atoms with Crippen molar-refractivity contribution in [3.8, 4) is 0 Å². The number of rotatable bonds is 25. The van der Waals surface area contributed by atoms with Gasteiger partial charge < -0.3 is 49.7 Å². The Morgan fingerprint density at radius 2 is 0.842 bits per heavy atom. The van der Waals surface area contributed by atoms with E-state index in [4.69, 9.17) is 41.5 Å². The zero-order valence-electron chi connectivity index (χ0n) is 32.9. The molecule has 312 valence electrons. The maximum Gasteiger partial charge on any atom is 0.409 e. The second-order valence-corrected chi connectivity index (χ2v) is 13.4. The van der Waals surface area contributed by atoms with Crippen LogP contribution in [0.1, 0.15) is 0 Å². The SMILES string of the molecule is COC(=O)N(CCOCCN)CCOCCN.COC(=O)N(CCOCCN=[N+]=[N-])CCOCCN=[N+]=[N-].c1ccc(P(c2ccccc2)c2ccccc2)cc1. The van der Waals surface area contributed by atoms with E-state index in [1.54, 1.807) is 0 Å². The predicted octanol–water partition coefficient (Wildman–Crippen LogP) is 4.16. The van der Waals surface area contributed by atoms with Gasteiger partial charge in [-0.2, -0.15) is 0 Å². The van der Waals surface area contributed by atoms with E-state index >= 15 is 0 Å². The average Bonchev–Trinajstić information content (AvgIpc) is 3.26. The Labute approximate surface area is 336 Å². The summed E-state index contributed by atoms with van der Waals surface area (Å²) in [5.41, 5.74) is 26.7. The third-order valence-corrected chi connectivity index (χ3v) is 9.70. The Hall–Kier alpha value is -4.99. The topological polar surface area (TPSA) is 246 Å². The molecule has 0 unspecified atom stereocenters. The minimum absolute atomic E-state index is 0.247. The number of methoxy groups -OCH3 is 2. The Kier molecular flexibility index (Phi) is 31.1. The van der Waals surface area contributed by atoms with Gasteiger partial charge in [-0.05, 0) is 34.9 Å². The van der Waals surface area contributed by atoms with Crippen LogP contribution >= 0.6 is 7.92 Å². The van der Waals surface area contributed by atoms with Crippen LogP contribution < -0.4 is 27.4 Å². The molecule has 57 heavy (non-hydrogen) atoms. The molecule has 3 aromatic rings. The van der Waals surface area contributed by atoms with Crippen molar-refractivity contribution in [2.75, 3.05) is 119 Å². The summed E-state index contributed by atoms with van der Waals surface area (Å²) in [6.07, 6.45) is -0.870. The van der Waals surface area contributed by atoms with E-state index in [9.17, 15) is 9.59 Å². The fourth-order valence-corrected chi connectivity index (χ4v) is 6.90. The first-order valence-corrected chi connectivity index (χ1v) is 19.6. The van der Waals surface area contributed by atoms with Crippen LogP contribution in [0.3, 0.4) is 0 Å². The number of nitrogens with zero attached hydrogens (tertiary/aromatic N) is 8. The summed E-state index contributed by atoms with van der Waals surface area (Å²) >= 11 is 0. The van der Waals surface area contributed by atoms with Gasteiger partial charge in [0.2, 0.25) is 0 Å².